The topological polar surface area (TPSA) is 112 Å². The van der Waals surface area contributed by atoms with Crippen LogP contribution in [-0.4, -0.2) is 79.0 Å². The number of nitrogens with one attached hydrogen (secondary N) is 1. The van der Waals surface area contributed by atoms with Gasteiger partial charge in [-0.3, -0.25) is 9.59 Å². The van der Waals surface area contributed by atoms with Crippen LogP contribution in [0.25, 0.3) is 5.76 Å². The van der Waals surface area contributed by atoms with Gasteiger partial charge in [0.15, 0.2) is 0 Å². The molecule has 1 unspecified atom stereocenters. The van der Waals surface area contributed by atoms with Crippen LogP contribution >= 0.6 is 0 Å². The molecule has 0 radical (unpaired) electrons. The lowest BCUT2D eigenvalue weighted by Gasteiger charge is -2.26. The molecule has 1 saturated heterocycles. The van der Waals surface area contributed by atoms with Gasteiger partial charge in [-0.15, -0.1) is 0 Å². The fourth-order valence-corrected chi connectivity index (χ4v) is 4.35. The Morgan fingerprint density at radius 1 is 1.15 bits per heavy atom. The Morgan fingerprint density at radius 2 is 1.79 bits per heavy atom. The first kappa shape index (κ1) is 25.0. The van der Waals surface area contributed by atoms with Crippen LogP contribution in [0.2, 0.25) is 0 Å². The van der Waals surface area contributed by atoms with Gasteiger partial charge in [-0.05, 0) is 64.2 Å². The molecular formula is C25H31N3O6. The summed E-state index contributed by atoms with van der Waals surface area (Å²) in [4.78, 5) is 44.8. The first-order valence-electron chi connectivity index (χ1n) is 11.0. The fraction of sp³-hybridized carbons (Fsp3) is 0.400. The number of hydrogen-bond donors (Lipinski definition) is 2. The van der Waals surface area contributed by atoms with Gasteiger partial charge in [0, 0.05) is 17.8 Å². The van der Waals surface area contributed by atoms with Crippen LogP contribution in [0.4, 0.5) is 0 Å². The zero-order chi connectivity index (χ0) is 25.2. The van der Waals surface area contributed by atoms with Gasteiger partial charge < -0.3 is 29.4 Å². The summed E-state index contributed by atoms with van der Waals surface area (Å²) in [6.07, 6.45) is 0.654. The van der Waals surface area contributed by atoms with Crippen molar-refractivity contribution in [3.05, 3.63) is 57.9 Å². The molecule has 9 heteroatoms. The molecule has 1 amide bonds. The summed E-state index contributed by atoms with van der Waals surface area (Å²) in [6.45, 7) is 4.41. The second-order valence-corrected chi connectivity index (χ2v) is 8.54. The van der Waals surface area contributed by atoms with E-state index in [1.54, 1.807) is 45.2 Å². The van der Waals surface area contributed by atoms with Crippen molar-refractivity contribution in [1.82, 2.24) is 14.8 Å². The Labute approximate surface area is 199 Å². The van der Waals surface area contributed by atoms with Crippen LogP contribution in [0.3, 0.4) is 0 Å². The Hall–Kier alpha value is -3.59. The van der Waals surface area contributed by atoms with Crippen molar-refractivity contribution in [3.63, 3.8) is 0 Å². The number of ether oxygens (including phenoxy) is 2. The van der Waals surface area contributed by atoms with E-state index in [1.165, 1.54) is 12.0 Å². The van der Waals surface area contributed by atoms with Crippen molar-refractivity contribution < 1.29 is 29.0 Å². The number of carbonyl (C=O) groups is 3. The third-order valence-corrected chi connectivity index (χ3v) is 6.04. The molecule has 34 heavy (non-hydrogen) atoms. The van der Waals surface area contributed by atoms with E-state index in [0.717, 1.165) is 6.54 Å². The average molecular weight is 470 g/mol. The van der Waals surface area contributed by atoms with Crippen molar-refractivity contribution in [2.24, 2.45) is 0 Å². The minimum absolute atomic E-state index is 0.0124. The highest BCUT2D eigenvalue weighted by Gasteiger charge is 2.46. The van der Waals surface area contributed by atoms with E-state index in [4.69, 9.17) is 9.47 Å². The number of likely N-dealkylation sites (tertiary alicyclic amines) is 1. The second-order valence-electron chi connectivity index (χ2n) is 8.54. The van der Waals surface area contributed by atoms with Crippen molar-refractivity contribution in [2.45, 2.75) is 26.3 Å². The molecule has 0 aliphatic carbocycles. The van der Waals surface area contributed by atoms with Crippen LogP contribution < -0.4 is 4.74 Å². The molecule has 1 aromatic carbocycles. The fourth-order valence-electron chi connectivity index (χ4n) is 4.35. The smallest absolute Gasteiger partial charge is 0.354 e. The number of amides is 1. The van der Waals surface area contributed by atoms with Crippen molar-refractivity contribution >= 4 is 23.4 Å². The van der Waals surface area contributed by atoms with E-state index in [-0.39, 0.29) is 17.0 Å². The van der Waals surface area contributed by atoms with Gasteiger partial charge in [-0.25, -0.2) is 4.79 Å². The van der Waals surface area contributed by atoms with Gasteiger partial charge in [0.25, 0.3) is 11.7 Å². The minimum Gasteiger partial charge on any atom is -0.507 e. The Morgan fingerprint density at radius 3 is 2.35 bits per heavy atom. The average Bonchev–Trinajstić information content (AvgIpc) is 3.25. The van der Waals surface area contributed by atoms with Crippen LogP contribution in [0.15, 0.2) is 29.8 Å². The van der Waals surface area contributed by atoms with Gasteiger partial charge in [0.05, 0.1) is 25.8 Å². The molecule has 0 saturated carbocycles. The summed E-state index contributed by atoms with van der Waals surface area (Å²) in [5.74, 6) is -1.71. The number of aliphatic hydroxyl groups is 1. The molecule has 1 aromatic heterocycles. The number of H-pyrrole nitrogens is 1. The van der Waals surface area contributed by atoms with Crippen LogP contribution in [-0.2, 0) is 14.3 Å². The number of carbonyl (C=O) groups excluding carboxylic acids is 3. The molecular weight excluding hydrogens is 438 g/mol. The van der Waals surface area contributed by atoms with E-state index < -0.39 is 23.7 Å². The lowest BCUT2D eigenvalue weighted by Crippen LogP contribution is -2.32. The summed E-state index contributed by atoms with van der Waals surface area (Å²) < 4.78 is 10.0. The molecule has 2 heterocycles. The highest BCUT2D eigenvalue weighted by molar-refractivity contribution is 6.46. The number of aryl methyl sites for hydroxylation is 1. The molecule has 0 spiro atoms. The third kappa shape index (κ3) is 4.56. The highest BCUT2D eigenvalue weighted by Crippen LogP contribution is 2.41. The molecule has 2 aromatic rings. The maximum absolute atomic E-state index is 13.2. The highest BCUT2D eigenvalue weighted by atomic mass is 16.5. The minimum atomic E-state index is -0.775. The molecule has 1 fully saturated rings. The maximum Gasteiger partial charge on any atom is 0.354 e. The first-order chi connectivity index (χ1) is 16.1. The Kier molecular flexibility index (Phi) is 7.46. The van der Waals surface area contributed by atoms with E-state index in [0.29, 0.717) is 41.1 Å². The largest absolute Gasteiger partial charge is 0.507 e. The lowest BCUT2D eigenvalue weighted by molar-refractivity contribution is -0.139. The number of rotatable bonds is 8. The van der Waals surface area contributed by atoms with Gasteiger partial charge in [0.1, 0.15) is 17.2 Å². The number of aliphatic hydroxyl groups excluding tert-OH is 1. The zero-order valence-corrected chi connectivity index (χ0v) is 20.4. The predicted molar refractivity (Wildman–Crippen MR) is 127 cm³/mol. The molecule has 1 aliphatic heterocycles. The van der Waals surface area contributed by atoms with Gasteiger partial charge in [-0.1, -0.05) is 12.1 Å². The summed E-state index contributed by atoms with van der Waals surface area (Å²) in [5, 5.41) is 11.4. The quantitative estimate of drug-likeness (QED) is 0.265. The van der Waals surface area contributed by atoms with E-state index in [9.17, 15) is 19.5 Å². The zero-order valence-electron chi connectivity index (χ0n) is 20.4. The second kappa shape index (κ2) is 10.1. The van der Waals surface area contributed by atoms with Gasteiger partial charge >= 0.3 is 5.97 Å². The predicted octanol–water partition coefficient (Wildman–Crippen LogP) is 2.80. The van der Waals surface area contributed by atoms with E-state index in [1.807, 2.05) is 19.0 Å². The first-order valence-corrected chi connectivity index (χ1v) is 11.0. The third-order valence-electron chi connectivity index (χ3n) is 6.04. The van der Waals surface area contributed by atoms with E-state index in [2.05, 4.69) is 4.98 Å². The number of nitrogens with zero attached hydrogens (tertiary/aromatic N) is 2. The van der Waals surface area contributed by atoms with Crippen LogP contribution in [0.1, 0.15) is 45.3 Å². The summed E-state index contributed by atoms with van der Waals surface area (Å²) in [6, 6.07) is 6.27. The standard InChI is InChI=1S/C25H31N3O6/c1-14-18(15(2)26-20(14)25(32)34-6)22(29)19-21(16-8-10-17(33-5)11-9-16)28(24(31)23(19)30)13-7-12-27(3)4/h8-11,21,26,29H,7,12-13H2,1-6H3/b22-19-. The Bertz CT molecular complexity index is 1130. The molecule has 182 valence electrons. The van der Waals surface area contributed by atoms with Gasteiger partial charge in [-0.2, -0.15) is 0 Å². The van der Waals surface area contributed by atoms with Gasteiger partial charge in [0.2, 0.25) is 0 Å². The molecule has 1 atom stereocenters. The molecule has 9 nitrogen and oxygen atoms in total. The number of aromatic amines is 1. The Balaban J connectivity index is 2.17. The monoisotopic (exact) mass is 469 g/mol. The molecule has 2 N–H and O–H groups in total. The number of ketones is 1. The summed E-state index contributed by atoms with van der Waals surface area (Å²) in [7, 11) is 6.69. The number of esters is 1. The number of Topliss-reactive ketones (excluding diaryl/α,β-unsaturated/α-hetero) is 1. The molecule has 3 rings (SSSR count). The van der Waals surface area contributed by atoms with Crippen molar-refractivity contribution in [3.8, 4) is 5.75 Å². The summed E-state index contributed by atoms with van der Waals surface area (Å²) >= 11 is 0. The van der Waals surface area contributed by atoms with Crippen molar-refractivity contribution in [2.75, 3.05) is 41.4 Å². The lowest BCUT2D eigenvalue weighted by atomic mass is 9.94. The number of benzene rings is 1. The summed E-state index contributed by atoms with van der Waals surface area (Å²) in [5.41, 5.74) is 2.08. The van der Waals surface area contributed by atoms with Crippen LogP contribution in [0, 0.1) is 13.8 Å². The van der Waals surface area contributed by atoms with Crippen LogP contribution in [0.5, 0.6) is 5.75 Å². The number of methoxy groups -OCH3 is 2. The van der Waals surface area contributed by atoms with E-state index >= 15 is 0 Å². The van der Waals surface area contributed by atoms with Crippen molar-refractivity contribution in [1.29, 1.82) is 0 Å². The maximum atomic E-state index is 13.2. The SMILES string of the molecule is COC(=O)c1[nH]c(C)c(/C(O)=C2/C(=O)C(=O)N(CCCN(C)C)C2c2ccc(OC)cc2)c1C. The molecule has 0 bridgehead atoms. The number of aromatic nitrogens is 1. The molecule has 1 aliphatic rings. The number of hydrogen-bond acceptors (Lipinski definition) is 7. The normalized spacial score (nSPS) is 17.5.